The van der Waals surface area contributed by atoms with Gasteiger partial charge in [-0.3, -0.25) is 10.1 Å². The number of allylic oxidation sites excluding steroid dienone is 1. The third kappa shape index (κ3) is 5.65. The van der Waals surface area contributed by atoms with Crippen LogP contribution < -0.4 is 5.32 Å². The average Bonchev–Trinajstić information content (AvgIpc) is 2.24. The smallest absolute Gasteiger partial charge is 0.412 e. The summed E-state index contributed by atoms with van der Waals surface area (Å²) in [4.78, 5) is 22.3. The van der Waals surface area contributed by atoms with Crippen molar-refractivity contribution in [2.45, 2.75) is 33.3 Å². The summed E-state index contributed by atoms with van der Waals surface area (Å²) in [5.41, 5.74) is -0.0565. The molecule has 0 spiro atoms. The monoisotopic (exact) mass is 279 g/mol. The van der Waals surface area contributed by atoms with E-state index >= 15 is 0 Å². The van der Waals surface area contributed by atoms with Crippen molar-refractivity contribution in [2.24, 2.45) is 0 Å². The molecule has 108 valence electrons. The predicted molar refractivity (Wildman–Crippen MR) is 76.0 cm³/mol. The first-order valence-electron chi connectivity index (χ1n) is 6.15. The van der Waals surface area contributed by atoms with Crippen LogP contribution in [0.3, 0.4) is 0 Å². The molecule has 4 nitrogen and oxygen atoms in total. The number of benzene rings is 1. The van der Waals surface area contributed by atoms with E-state index in [1.165, 1.54) is 37.3 Å². The molecule has 1 N–H and O–H groups in total. The summed E-state index contributed by atoms with van der Waals surface area (Å²) in [6.07, 6.45) is 2.01. The van der Waals surface area contributed by atoms with E-state index in [4.69, 9.17) is 4.74 Å². The van der Waals surface area contributed by atoms with Crippen molar-refractivity contribution in [1.82, 2.24) is 0 Å². The van der Waals surface area contributed by atoms with Gasteiger partial charge in [0.1, 0.15) is 11.4 Å². The maximum atomic E-state index is 13.7. The normalized spacial score (nSPS) is 11.4. The lowest BCUT2D eigenvalue weighted by Crippen LogP contribution is -2.27. The van der Waals surface area contributed by atoms with Gasteiger partial charge >= 0.3 is 6.09 Å². The van der Waals surface area contributed by atoms with Crippen molar-refractivity contribution in [2.75, 3.05) is 5.32 Å². The molecule has 0 saturated carbocycles. The van der Waals surface area contributed by atoms with E-state index in [-0.39, 0.29) is 17.0 Å². The third-order valence-electron chi connectivity index (χ3n) is 2.14. The van der Waals surface area contributed by atoms with Gasteiger partial charge in [-0.2, -0.15) is 0 Å². The fourth-order valence-electron chi connectivity index (χ4n) is 1.37. The molecule has 0 aromatic heterocycles. The molecule has 5 heteroatoms. The van der Waals surface area contributed by atoms with Crippen LogP contribution in [0.25, 0.3) is 6.08 Å². The fourth-order valence-corrected chi connectivity index (χ4v) is 1.37. The van der Waals surface area contributed by atoms with E-state index < -0.39 is 17.5 Å². The van der Waals surface area contributed by atoms with Crippen LogP contribution in [0.5, 0.6) is 0 Å². The lowest BCUT2D eigenvalue weighted by Gasteiger charge is -2.19. The zero-order chi connectivity index (χ0) is 15.3. The van der Waals surface area contributed by atoms with Gasteiger partial charge in [-0.25, -0.2) is 9.18 Å². The molecule has 20 heavy (non-hydrogen) atoms. The number of carbonyl (C=O) groups excluding carboxylic acids is 2. The molecule has 1 aromatic carbocycles. The number of ketones is 1. The first kappa shape index (κ1) is 15.9. The van der Waals surface area contributed by atoms with Crippen molar-refractivity contribution >= 4 is 23.6 Å². The molecular formula is C15H18FNO3. The Morgan fingerprint density at radius 1 is 1.30 bits per heavy atom. The zero-order valence-electron chi connectivity index (χ0n) is 12.0. The Kier molecular flexibility index (Phi) is 5.02. The van der Waals surface area contributed by atoms with Gasteiger partial charge in [0.05, 0.1) is 0 Å². The number of anilines is 1. The van der Waals surface area contributed by atoms with Crippen LogP contribution in [0.15, 0.2) is 24.3 Å². The predicted octanol–water partition coefficient (Wildman–Crippen LogP) is 3.77. The van der Waals surface area contributed by atoms with Gasteiger partial charge in [0.25, 0.3) is 0 Å². The van der Waals surface area contributed by atoms with E-state index in [0.717, 1.165) is 0 Å². The maximum absolute atomic E-state index is 13.7. The molecule has 0 unspecified atom stereocenters. The molecule has 0 aliphatic heterocycles. The van der Waals surface area contributed by atoms with E-state index in [0.29, 0.717) is 0 Å². The highest BCUT2D eigenvalue weighted by molar-refractivity contribution is 5.91. The van der Waals surface area contributed by atoms with Gasteiger partial charge in [0.15, 0.2) is 5.78 Å². The van der Waals surface area contributed by atoms with Gasteiger partial charge < -0.3 is 4.74 Å². The lowest BCUT2D eigenvalue weighted by atomic mass is 10.1. The summed E-state index contributed by atoms with van der Waals surface area (Å²) in [7, 11) is 0. The highest BCUT2D eigenvalue weighted by atomic mass is 19.1. The molecule has 1 amide bonds. The Bertz CT molecular complexity index is 545. The first-order valence-corrected chi connectivity index (χ1v) is 6.15. The van der Waals surface area contributed by atoms with Gasteiger partial charge in [-0.1, -0.05) is 0 Å². The molecule has 0 bridgehead atoms. The maximum Gasteiger partial charge on any atom is 0.412 e. The minimum atomic E-state index is -0.649. The van der Waals surface area contributed by atoms with Crippen molar-refractivity contribution < 1.29 is 18.7 Å². The SMILES string of the molecule is CC(=O)/C=C/c1ccc(NC(=O)OC(C)(C)C)cc1F. The number of amides is 1. The van der Waals surface area contributed by atoms with Crippen LogP contribution in [0.2, 0.25) is 0 Å². The molecule has 0 aliphatic carbocycles. The van der Waals surface area contributed by atoms with Crippen LogP contribution in [0.4, 0.5) is 14.9 Å². The Hall–Kier alpha value is -2.17. The molecule has 1 aromatic rings. The highest BCUT2D eigenvalue weighted by Crippen LogP contribution is 2.17. The van der Waals surface area contributed by atoms with Gasteiger partial charge in [0.2, 0.25) is 0 Å². The van der Waals surface area contributed by atoms with E-state index in [9.17, 15) is 14.0 Å². The highest BCUT2D eigenvalue weighted by Gasteiger charge is 2.16. The molecule has 0 atom stereocenters. The fraction of sp³-hybridized carbons (Fsp3) is 0.333. The summed E-state index contributed by atoms with van der Waals surface area (Å²) in [6.45, 7) is 6.60. The van der Waals surface area contributed by atoms with E-state index in [1.54, 1.807) is 20.8 Å². The van der Waals surface area contributed by atoms with E-state index in [2.05, 4.69) is 5.32 Å². The Balaban J connectivity index is 2.78. The number of hydrogen-bond acceptors (Lipinski definition) is 3. The molecule has 0 aliphatic rings. The van der Waals surface area contributed by atoms with Gasteiger partial charge in [-0.15, -0.1) is 0 Å². The summed E-state index contributed by atoms with van der Waals surface area (Å²) in [5, 5.41) is 2.44. The number of rotatable bonds is 3. The van der Waals surface area contributed by atoms with Gasteiger partial charge in [0, 0.05) is 11.3 Å². The molecular weight excluding hydrogens is 261 g/mol. The topological polar surface area (TPSA) is 55.4 Å². The Labute approximate surface area is 117 Å². The third-order valence-corrected chi connectivity index (χ3v) is 2.14. The number of ether oxygens (including phenoxy) is 1. The average molecular weight is 279 g/mol. The summed E-state index contributed by atoms with van der Waals surface area (Å²) >= 11 is 0. The second kappa shape index (κ2) is 6.32. The quantitative estimate of drug-likeness (QED) is 0.857. The second-order valence-electron chi connectivity index (χ2n) is 5.31. The van der Waals surface area contributed by atoms with Crippen molar-refractivity contribution in [1.29, 1.82) is 0 Å². The van der Waals surface area contributed by atoms with Gasteiger partial charge in [-0.05, 0) is 58.0 Å². The minimum absolute atomic E-state index is 0.166. The van der Waals surface area contributed by atoms with Crippen LogP contribution in [0.1, 0.15) is 33.3 Å². The number of hydrogen-bond donors (Lipinski definition) is 1. The number of halogens is 1. The largest absolute Gasteiger partial charge is 0.444 e. The van der Waals surface area contributed by atoms with Crippen LogP contribution in [-0.2, 0) is 9.53 Å². The summed E-state index contributed by atoms with van der Waals surface area (Å²) in [5.74, 6) is -0.698. The van der Waals surface area contributed by atoms with Crippen LogP contribution >= 0.6 is 0 Å². The number of carbonyl (C=O) groups is 2. The molecule has 0 fully saturated rings. The molecule has 0 heterocycles. The molecule has 0 saturated heterocycles. The summed E-state index contributed by atoms with van der Waals surface area (Å²) in [6, 6.07) is 4.18. The van der Waals surface area contributed by atoms with Crippen LogP contribution in [-0.4, -0.2) is 17.5 Å². The standard InChI is InChI=1S/C15H18FNO3/c1-10(18)5-6-11-7-8-12(9-13(11)16)17-14(19)20-15(2,3)4/h5-9H,1-4H3,(H,17,19)/b6-5+. The zero-order valence-corrected chi connectivity index (χ0v) is 12.0. The minimum Gasteiger partial charge on any atom is -0.444 e. The lowest BCUT2D eigenvalue weighted by molar-refractivity contribution is -0.112. The second-order valence-corrected chi connectivity index (χ2v) is 5.31. The summed E-state index contributed by atoms with van der Waals surface area (Å²) < 4.78 is 18.8. The van der Waals surface area contributed by atoms with E-state index in [1.807, 2.05) is 0 Å². The Morgan fingerprint density at radius 3 is 2.45 bits per heavy atom. The first-order chi connectivity index (χ1) is 9.17. The molecule has 1 rings (SSSR count). The number of nitrogens with one attached hydrogen (secondary N) is 1. The van der Waals surface area contributed by atoms with Crippen molar-refractivity contribution in [3.8, 4) is 0 Å². The van der Waals surface area contributed by atoms with Crippen LogP contribution in [0, 0.1) is 5.82 Å². The molecule has 0 radical (unpaired) electrons. The van der Waals surface area contributed by atoms with Crippen molar-refractivity contribution in [3.63, 3.8) is 0 Å². The van der Waals surface area contributed by atoms with Crippen molar-refractivity contribution in [3.05, 3.63) is 35.7 Å². The Morgan fingerprint density at radius 2 is 1.95 bits per heavy atom.